The third-order valence-corrected chi connectivity index (χ3v) is 4.66. The van der Waals surface area contributed by atoms with Crippen LogP contribution in [0.3, 0.4) is 0 Å². The van der Waals surface area contributed by atoms with Crippen molar-refractivity contribution in [3.05, 3.63) is 76.2 Å². The van der Waals surface area contributed by atoms with E-state index in [1.807, 2.05) is 12.2 Å². The molecule has 1 aliphatic heterocycles. The summed E-state index contributed by atoms with van der Waals surface area (Å²) in [6.45, 7) is 0.213. The van der Waals surface area contributed by atoms with Crippen LogP contribution in [0.15, 0.2) is 57.9 Å². The third kappa shape index (κ3) is 4.91. The van der Waals surface area contributed by atoms with E-state index in [1.165, 1.54) is 0 Å². The van der Waals surface area contributed by atoms with Gasteiger partial charge in [-0.15, -0.1) is 0 Å². The standard InChI is InChI=1S/C21H15FN6O3.CH2O2/c22-15-10-24-20(26-12-3-5-14-11(8-12)2-1-7-23-19(14)29)28-18(15)25-13-4-6-17-16(9-13)27-21(30)31-17;2-1-3/h1-6,8-10H,7H2,(H,23,29)(H,27,30)(H2,24,25,26,28);1H,(H,2,3). The van der Waals surface area contributed by atoms with Crippen LogP contribution in [0.2, 0.25) is 0 Å². The Balaban J connectivity index is 0.000000868. The monoisotopic (exact) mass is 464 g/mol. The summed E-state index contributed by atoms with van der Waals surface area (Å²) in [5.41, 5.74) is 3.34. The van der Waals surface area contributed by atoms with Crippen molar-refractivity contribution in [1.82, 2.24) is 20.3 Å². The highest BCUT2D eigenvalue weighted by atomic mass is 19.1. The summed E-state index contributed by atoms with van der Waals surface area (Å²) in [6.07, 6.45) is 4.76. The number of fused-ring (bicyclic) bond motifs is 2. The maximum absolute atomic E-state index is 14.3. The van der Waals surface area contributed by atoms with Gasteiger partial charge in [0.2, 0.25) is 5.95 Å². The Morgan fingerprint density at radius 1 is 1.12 bits per heavy atom. The van der Waals surface area contributed by atoms with Crippen LogP contribution in [0.4, 0.5) is 27.5 Å². The Morgan fingerprint density at radius 2 is 1.88 bits per heavy atom. The molecule has 0 saturated carbocycles. The Bertz CT molecular complexity index is 1460. The molecule has 0 saturated heterocycles. The van der Waals surface area contributed by atoms with Crippen molar-refractivity contribution < 1.29 is 23.5 Å². The second-order valence-corrected chi connectivity index (χ2v) is 6.89. The smallest absolute Gasteiger partial charge is 0.417 e. The lowest BCUT2D eigenvalue weighted by atomic mass is 10.1. The number of hydrogen-bond donors (Lipinski definition) is 5. The van der Waals surface area contributed by atoms with Gasteiger partial charge in [-0.25, -0.2) is 14.2 Å². The van der Waals surface area contributed by atoms with Gasteiger partial charge in [0.15, 0.2) is 17.2 Å². The average Bonchev–Trinajstić information content (AvgIpc) is 3.08. The van der Waals surface area contributed by atoms with Gasteiger partial charge < -0.3 is 25.5 Å². The van der Waals surface area contributed by atoms with Crippen LogP contribution < -0.4 is 21.7 Å². The summed E-state index contributed by atoms with van der Waals surface area (Å²) in [4.78, 5) is 42.4. The summed E-state index contributed by atoms with van der Waals surface area (Å²) in [7, 11) is 0. The number of aromatic nitrogens is 3. The van der Waals surface area contributed by atoms with E-state index >= 15 is 0 Å². The maximum atomic E-state index is 14.3. The summed E-state index contributed by atoms with van der Waals surface area (Å²) < 4.78 is 19.2. The van der Waals surface area contributed by atoms with Gasteiger partial charge in [0.25, 0.3) is 12.4 Å². The zero-order valence-electron chi connectivity index (χ0n) is 17.3. The Morgan fingerprint density at radius 3 is 2.71 bits per heavy atom. The van der Waals surface area contributed by atoms with Crippen molar-refractivity contribution in [2.24, 2.45) is 0 Å². The first-order valence-corrected chi connectivity index (χ1v) is 9.83. The number of carbonyl (C=O) groups is 2. The molecule has 5 rings (SSSR count). The molecule has 0 bridgehead atoms. The molecule has 5 N–H and O–H groups in total. The minimum absolute atomic E-state index is 0.0447. The van der Waals surface area contributed by atoms with E-state index in [4.69, 9.17) is 14.3 Å². The van der Waals surface area contributed by atoms with Crippen LogP contribution in [0, 0.1) is 5.82 Å². The number of hydrogen-bond acceptors (Lipinski definition) is 8. The van der Waals surface area contributed by atoms with E-state index in [9.17, 15) is 14.0 Å². The van der Waals surface area contributed by atoms with Crippen LogP contribution >= 0.6 is 0 Å². The van der Waals surface area contributed by atoms with Gasteiger partial charge in [0.05, 0.1) is 11.7 Å². The number of H-pyrrole nitrogens is 1. The molecule has 1 aliphatic rings. The molecule has 0 unspecified atom stereocenters. The van der Waals surface area contributed by atoms with Gasteiger partial charge in [0.1, 0.15) is 0 Å². The number of nitrogens with zero attached hydrogens (tertiary/aromatic N) is 2. The first-order valence-electron chi connectivity index (χ1n) is 9.83. The molecule has 12 heteroatoms. The SMILES string of the molecule is O=C1NCC=Cc2cc(Nc3ncc(F)c(Nc4ccc5oc(=O)[nH]c5c4)n3)ccc21.O=CO. The first-order chi connectivity index (χ1) is 16.5. The van der Waals surface area contributed by atoms with E-state index in [0.29, 0.717) is 34.6 Å². The number of aromatic amines is 1. The number of halogens is 1. The Hall–Kier alpha value is -5.00. The van der Waals surface area contributed by atoms with Crippen LogP contribution in [0.5, 0.6) is 0 Å². The summed E-state index contributed by atoms with van der Waals surface area (Å²) in [5, 5.41) is 15.6. The Labute approximate surface area is 190 Å². The summed E-state index contributed by atoms with van der Waals surface area (Å²) >= 11 is 0. The molecule has 172 valence electrons. The fourth-order valence-electron chi connectivity index (χ4n) is 3.23. The normalized spacial score (nSPS) is 12.1. The lowest BCUT2D eigenvalue weighted by Crippen LogP contribution is -2.22. The van der Waals surface area contributed by atoms with E-state index in [-0.39, 0.29) is 24.1 Å². The molecule has 4 aromatic rings. The minimum Gasteiger partial charge on any atom is -0.483 e. The van der Waals surface area contributed by atoms with E-state index in [2.05, 4.69) is 30.9 Å². The predicted molar refractivity (Wildman–Crippen MR) is 122 cm³/mol. The molecular formula is C22H17FN6O5. The van der Waals surface area contributed by atoms with Gasteiger partial charge in [-0.05, 0) is 42.0 Å². The molecule has 0 fully saturated rings. The van der Waals surface area contributed by atoms with Crippen LogP contribution in [-0.4, -0.2) is 39.0 Å². The van der Waals surface area contributed by atoms with Gasteiger partial charge in [0, 0.05) is 23.5 Å². The number of oxazole rings is 1. The fourth-order valence-corrected chi connectivity index (χ4v) is 3.23. The molecule has 0 spiro atoms. The van der Waals surface area contributed by atoms with Crippen LogP contribution in [0.1, 0.15) is 15.9 Å². The molecular weight excluding hydrogens is 447 g/mol. The van der Waals surface area contributed by atoms with Gasteiger partial charge in [-0.2, -0.15) is 4.98 Å². The number of rotatable bonds is 4. The van der Waals surface area contributed by atoms with Crippen LogP contribution in [-0.2, 0) is 4.79 Å². The molecule has 0 aliphatic carbocycles. The van der Waals surface area contributed by atoms with Crippen molar-refractivity contribution >= 4 is 52.7 Å². The number of nitrogens with one attached hydrogen (secondary N) is 4. The van der Waals surface area contributed by atoms with Crippen molar-refractivity contribution in [2.45, 2.75) is 0 Å². The molecule has 3 heterocycles. The molecule has 2 aromatic heterocycles. The molecule has 2 aromatic carbocycles. The lowest BCUT2D eigenvalue weighted by molar-refractivity contribution is -0.122. The second kappa shape index (κ2) is 9.65. The van der Waals surface area contributed by atoms with Crippen molar-refractivity contribution in [2.75, 3.05) is 17.2 Å². The fraction of sp³-hybridized carbons (Fsp3) is 0.0455. The highest BCUT2D eigenvalue weighted by Crippen LogP contribution is 2.24. The molecule has 0 atom stereocenters. The summed E-state index contributed by atoms with van der Waals surface area (Å²) in [5.74, 6) is -1.24. The van der Waals surface area contributed by atoms with Gasteiger partial charge in [-0.3, -0.25) is 14.6 Å². The van der Waals surface area contributed by atoms with E-state index < -0.39 is 11.6 Å². The molecule has 0 radical (unpaired) electrons. The van der Waals surface area contributed by atoms with E-state index in [0.717, 1.165) is 11.8 Å². The minimum atomic E-state index is -0.645. The number of amides is 1. The number of carboxylic acid groups (broad SMARTS) is 1. The summed E-state index contributed by atoms with van der Waals surface area (Å²) in [6, 6.07) is 10.1. The Kier molecular flexibility index (Phi) is 6.30. The zero-order valence-corrected chi connectivity index (χ0v) is 17.3. The van der Waals surface area contributed by atoms with E-state index in [1.54, 1.807) is 36.4 Å². The highest BCUT2D eigenvalue weighted by Gasteiger charge is 2.14. The molecule has 11 nitrogen and oxygen atoms in total. The number of anilines is 4. The van der Waals surface area contributed by atoms with Gasteiger partial charge in [-0.1, -0.05) is 12.2 Å². The van der Waals surface area contributed by atoms with Crippen LogP contribution in [0.25, 0.3) is 17.2 Å². The lowest BCUT2D eigenvalue weighted by Gasteiger charge is -2.11. The number of carbonyl (C=O) groups excluding carboxylic acids is 1. The predicted octanol–water partition coefficient (Wildman–Crippen LogP) is 2.99. The number of benzene rings is 2. The van der Waals surface area contributed by atoms with Gasteiger partial charge >= 0.3 is 5.76 Å². The average molecular weight is 464 g/mol. The van der Waals surface area contributed by atoms with Crippen molar-refractivity contribution in [3.63, 3.8) is 0 Å². The second-order valence-electron chi connectivity index (χ2n) is 6.89. The quantitative estimate of drug-likeness (QED) is 0.286. The topological polar surface area (TPSA) is 162 Å². The largest absolute Gasteiger partial charge is 0.483 e. The van der Waals surface area contributed by atoms with Crippen molar-refractivity contribution in [1.29, 1.82) is 0 Å². The first kappa shape index (κ1) is 22.2. The zero-order chi connectivity index (χ0) is 24.1. The third-order valence-electron chi connectivity index (χ3n) is 4.66. The molecule has 1 amide bonds. The molecule has 34 heavy (non-hydrogen) atoms. The van der Waals surface area contributed by atoms with Crippen molar-refractivity contribution in [3.8, 4) is 0 Å². The highest BCUT2D eigenvalue weighted by molar-refractivity contribution is 5.99. The maximum Gasteiger partial charge on any atom is 0.417 e.